The largest absolute Gasteiger partial charge is 0.329 e. The molecule has 0 aliphatic heterocycles. The summed E-state index contributed by atoms with van der Waals surface area (Å²) in [5.41, 5.74) is 1.14. The maximum atomic E-state index is 12.7. The van der Waals surface area contributed by atoms with Gasteiger partial charge in [-0.15, -0.1) is 0 Å². The molecule has 0 N–H and O–H groups in total. The average Bonchev–Trinajstić information content (AvgIpc) is 2.45. The SMILES string of the molecule is CCOP(=O)(CCCCc1ccccc1)C(C)CC=O. The Morgan fingerprint density at radius 3 is 2.55 bits per heavy atom. The lowest BCUT2D eigenvalue weighted by atomic mass is 10.1. The fourth-order valence-electron chi connectivity index (χ4n) is 2.24. The Hall–Kier alpha value is -0.920. The van der Waals surface area contributed by atoms with Crippen LogP contribution in [0.15, 0.2) is 30.3 Å². The van der Waals surface area contributed by atoms with Gasteiger partial charge >= 0.3 is 0 Å². The first-order valence-electron chi connectivity index (χ1n) is 7.33. The van der Waals surface area contributed by atoms with Crippen molar-refractivity contribution in [3.05, 3.63) is 35.9 Å². The molecule has 112 valence electrons. The second kappa shape index (κ2) is 9.10. The topological polar surface area (TPSA) is 43.4 Å². The minimum Gasteiger partial charge on any atom is -0.329 e. The van der Waals surface area contributed by atoms with E-state index in [1.165, 1.54) is 5.56 Å². The second-order valence-corrected chi connectivity index (χ2v) is 8.10. The molecule has 0 fully saturated rings. The molecule has 1 aromatic rings. The van der Waals surface area contributed by atoms with Crippen molar-refractivity contribution in [3.63, 3.8) is 0 Å². The normalized spacial score (nSPS) is 15.5. The van der Waals surface area contributed by atoms with E-state index in [1.807, 2.05) is 32.0 Å². The highest BCUT2D eigenvalue weighted by molar-refractivity contribution is 7.59. The summed E-state index contributed by atoms with van der Waals surface area (Å²) in [6, 6.07) is 10.3. The van der Waals surface area contributed by atoms with Gasteiger partial charge in [0.25, 0.3) is 0 Å². The van der Waals surface area contributed by atoms with Crippen molar-refractivity contribution in [2.75, 3.05) is 12.8 Å². The molecule has 1 aromatic carbocycles. The van der Waals surface area contributed by atoms with Crippen molar-refractivity contribution in [3.8, 4) is 0 Å². The zero-order valence-electron chi connectivity index (χ0n) is 12.5. The van der Waals surface area contributed by atoms with Crippen LogP contribution in [0.2, 0.25) is 0 Å². The van der Waals surface area contributed by atoms with Crippen molar-refractivity contribution in [2.45, 2.75) is 45.2 Å². The minimum absolute atomic E-state index is 0.170. The lowest BCUT2D eigenvalue weighted by Crippen LogP contribution is -2.11. The zero-order chi connectivity index (χ0) is 14.8. The van der Waals surface area contributed by atoms with Gasteiger partial charge in [0, 0.05) is 18.2 Å². The van der Waals surface area contributed by atoms with E-state index < -0.39 is 7.37 Å². The summed E-state index contributed by atoms with van der Waals surface area (Å²) >= 11 is 0. The maximum absolute atomic E-state index is 12.7. The third-order valence-corrected chi connectivity index (χ3v) is 6.67. The zero-order valence-corrected chi connectivity index (χ0v) is 13.4. The van der Waals surface area contributed by atoms with Gasteiger partial charge in [0.05, 0.1) is 6.61 Å². The van der Waals surface area contributed by atoms with E-state index in [0.717, 1.165) is 25.5 Å². The highest BCUT2D eigenvalue weighted by atomic mass is 31.2. The molecular weight excluding hydrogens is 271 g/mol. The smallest absolute Gasteiger partial charge is 0.206 e. The van der Waals surface area contributed by atoms with E-state index >= 15 is 0 Å². The Morgan fingerprint density at radius 1 is 1.25 bits per heavy atom. The standard InChI is InChI=1S/C16H25O3P/c1-3-19-20(18,15(2)12-13-17)14-8-7-11-16-9-5-4-6-10-16/h4-6,9-10,13,15H,3,7-8,11-12,14H2,1-2H3. The van der Waals surface area contributed by atoms with E-state index in [9.17, 15) is 9.36 Å². The van der Waals surface area contributed by atoms with Gasteiger partial charge in [0.2, 0.25) is 7.37 Å². The molecule has 1 rings (SSSR count). The van der Waals surface area contributed by atoms with Crippen molar-refractivity contribution in [1.82, 2.24) is 0 Å². The van der Waals surface area contributed by atoms with Crippen molar-refractivity contribution < 1.29 is 13.9 Å². The Kier molecular flexibility index (Phi) is 7.79. The highest BCUT2D eigenvalue weighted by Gasteiger charge is 2.29. The molecule has 2 atom stereocenters. The van der Waals surface area contributed by atoms with Crippen molar-refractivity contribution in [2.24, 2.45) is 0 Å². The van der Waals surface area contributed by atoms with Crippen LogP contribution in [0.5, 0.6) is 0 Å². The van der Waals surface area contributed by atoms with Crippen LogP contribution in [0.1, 0.15) is 38.7 Å². The number of unbranched alkanes of at least 4 members (excludes halogenated alkanes) is 1. The van der Waals surface area contributed by atoms with Gasteiger partial charge in [-0.2, -0.15) is 0 Å². The molecule has 0 saturated carbocycles. The maximum Gasteiger partial charge on any atom is 0.206 e. The number of aldehydes is 1. The van der Waals surface area contributed by atoms with Crippen molar-refractivity contribution in [1.29, 1.82) is 0 Å². The van der Waals surface area contributed by atoms with Crippen LogP contribution >= 0.6 is 7.37 Å². The van der Waals surface area contributed by atoms with Gasteiger partial charge in [0.1, 0.15) is 6.29 Å². The summed E-state index contributed by atoms with van der Waals surface area (Å²) in [7, 11) is -2.68. The van der Waals surface area contributed by atoms with Gasteiger partial charge in [-0.1, -0.05) is 37.3 Å². The predicted molar refractivity (Wildman–Crippen MR) is 83.6 cm³/mol. The minimum atomic E-state index is -2.68. The summed E-state index contributed by atoms with van der Waals surface area (Å²) < 4.78 is 18.2. The van der Waals surface area contributed by atoms with Gasteiger partial charge in [-0.25, -0.2) is 0 Å². The summed E-state index contributed by atoms with van der Waals surface area (Å²) in [4.78, 5) is 10.6. The fraction of sp³-hybridized carbons (Fsp3) is 0.562. The molecule has 4 heteroatoms. The molecule has 0 heterocycles. The Labute approximate surface area is 122 Å². The van der Waals surface area contributed by atoms with Gasteiger partial charge in [-0.05, 0) is 31.7 Å². The Morgan fingerprint density at radius 2 is 1.95 bits per heavy atom. The first kappa shape index (κ1) is 17.1. The quantitative estimate of drug-likeness (QED) is 0.367. The van der Waals surface area contributed by atoms with Crippen LogP contribution in [0.3, 0.4) is 0 Å². The number of aryl methyl sites for hydroxylation is 1. The Bertz CT molecular complexity index is 431. The summed E-state index contributed by atoms with van der Waals surface area (Å²) in [6.07, 6.45) is 4.58. The highest BCUT2D eigenvalue weighted by Crippen LogP contribution is 2.53. The molecule has 0 saturated heterocycles. The number of hydrogen-bond acceptors (Lipinski definition) is 3. The number of benzene rings is 1. The summed E-state index contributed by atoms with van der Waals surface area (Å²) in [5, 5.41) is 0. The van der Waals surface area contributed by atoms with Gasteiger partial charge < -0.3 is 9.32 Å². The first-order valence-corrected chi connectivity index (χ1v) is 9.21. The lowest BCUT2D eigenvalue weighted by molar-refractivity contribution is -0.107. The molecule has 0 amide bonds. The molecular formula is C16H25O3P. The summed E-state index contributed by atoms with van der Waals surface area (Å²) in [5.74, 6) is 0. The number of carbonyl (C=O) groups excluding carboxylic acids is 1. The summed E-state index contributed by atoms with van der Waals surface area (Å²) in [6.45, 7) is 4.14. The van der Waals surface area contributed by atoms with E-state index in [-0.39, 0.29) is 5.66 Å². The lowest BCUT2D eigenvalue weighted by Gasteiger charge is -2.23. The monoisotopic (exact) mass is 296 g/mol. The molecule has 0 aliphatic carbocycles. The fourth-order valence-corrected chi connectivity index (χ4v) is 4.57. The van der Waals surface area contributed by atoms with Crippen LogP contribution < -0.4 is 0 Å². The average molecular weight is 296 g/mol. The van der Waals surface area contributed by atoms with Crippen LogP contribution in [0.4, 0.5) is 0 Å². The molecule has 0 spiro atoms. The van der Waals surface area contributed by atoms with E-state index in [1.54, 1.807) is 0 Å². The number of rotatable bonds is 10. The van der Waals surface area contributed by atoms with Crippen LogP contribution in [-0.4, -0.2) is 24.7 Å². The molecule has 0 aliphatic rings. The van der Waals surface area contributed by atoms with Gasteiger partial charge in [0.15, 0.2) is 0 Å². The van der Waals surface area contributed by atoms with Crippen LogP contribution in [0, 0.1) is 0 Å². The third kappa shape index (κ3) is 5.60. The van der Waals surface area contributed by atoms with Crippen LogP contribution in [-0.2, 0) is 20.3 Å². The van der Waals surface area contributed by atoms with Gasteiger partial charge in [-0.3, -0.25) is 4.57 Å². The third-order valence-electron chi connectivity index (χ3n) is 3.48. The van der Waals surface area contributed by atoms with Crippen molar-refractivity contribution >= 4 is 13.7 Å². The predicted octanol–water partition coefficient (Wildman–Crippen LogP) is 4.30. The Balaban J connectivity index is 2.43. The molecule has 20 heavy (non-hydrogen) atoms. The molecule has 0 aromatic heterocycles. The number of hydrogen-bond donors (Lipinski definition) is 0. The molecule has 3 nitrogen and oxygen atoms in total. The molecule has 0 bridgehead atoms. The van der Waals surface area contributed by atoms with Crippen LogP contribution in [0.25, 0.3) is 0 Å². The second-order valence-electron chi connectivity index (χ2n) is 5.06. The number of carbonyl (C=O) groups is 1. The molecule has 0 radical (unpaired) electrons. The molecule has 2 unspecified atom stereocenters. The van der Waals surface area contributed by atoms with E-state index in [4.69, 9.17) is 4.52 Å². The van der Waals surface area contributed by atoms with E-state index in [0.29, 0.717) is 19.2 Å². The van der Waals surface area contributed by atoms with E-state index in [2.05, 4.69) is 12.1 Å². The first-order chi connectivity index (χ1) is 9.62.